The quantitative estimate of drug-likeness (QED) is 0.355. The van der Waals surface area contributed by atoms with Crippen molar-refractivity contribution in [1.82, 2.24) is 15.6 Å². The first-order chi connectivity index (χ1) is 13.5. The molecule has 7 heteroatoms. The maximum atomic E-state index is 6.10. The Morgan fingerprint density at radius 2 is 2.00 bits per heavy atom. The molecule has 2 unspecified atom stereocenters. The van der Waals surface area contributed by atoms with Gasteiger partial charge in [0.05, 0.1) is 6.10 Å². The zero-order chi connectivity index (χ0) is 20.0. The third-order valence-electron chi connectivity index (χ3n) is 5.75. The second-order valence-electron chi connectivity index (χ2n) is 9.08. The lowest BCUT2D eigenvalue weighted by atomic mass is 9.78. The van der Waals surface area contributed by atoms with Gasteiger partial charge in [0.2, 0.25) is 0 Å². The van der Waals surface area contributed by atoms with Gasteiger partial charge in [-0.05, 0) is 48.8 Å². The molecule has 0 aromatic carbocycles. The Kier molecular flexibility index (Phi) is 9.46. The predicted molar refractivity (Wildman–Crippen MR) is 131 cm³/mol. The van der Waals surface area contributed by atoms with Crippen molar-refractivity contribution >= 4 is 35.8 Å². The molecule has 0 saturated carbocycles. The van der Waals surface area contributed by atoms with Gasteiger partial charge in [-0.25, -0.2) is 4.98 Å². The highest BCUT2D eigenvalue weighted by atomic mass is 127. The van der Waals surface area contributed by atoms with Gasteiger partial charge in [-0.1, -0.05) is 20.8 Å². The van der Waals surface area contributed by atoms with E-state index in [0.29, 0.717) is 5.92 Å². The lowest BCUT2D eigenvalue weighted by molar-refractivity contribution is -0.0835. The summed E-state index contributed by atoms with van der Waals surface area (Å²) in [5.74, 6) is 2.44. The molecular formula is C22H38IN5O. The van der Waals surface area contributed by atoms with Crippen LogP contribution in [-0.4, -0.2) is 50.3 Å². The summed E-state index contributed by atoms with van der Waals surface area (Å²) in [4.78, 5) is 11.3. The van der Waals surface area contributed by atoms with E-state index >= 15 is 0 Å². The third-order valence-corrected chi connectivity index (χ3v) is 5.75. The highest BCUT2D eigenvalue weighted by Crippen LogP contribution is 2.33. The van der Waals surface area contributed by atoms with E-state index in [4.69, 9.17) is 4.74 Å². The number of rotatable bonds is 5. The van der Waals surface area contributed by atoms with Crippen LogP contribution in [0.4, 0.5) is 5.82 Å². The van der Waals surface area contributed by atoms with Crippen molar-refractivity contribution in [3.63, 3.8) is 0 Å². The molecule has 0 aliphatic carbocycles. The number of aliphatic imine (C=N–C) groups is 1. The summed E-state index contributed by atoms with van der Waals surface area (Å²) in [6.45, 7) is 11.5. The summed E-state index contributed by atoms with van der Waals surface area (Å²) < 4.78 is 6.10. The number of nitrogens with one attached hydrogen (secondary N) is 2. The summed E-state index contributed by atoms with van der Waals surface area (Å²) >= 11 is 0. The number of pyridine rings is 1. The molecule has 0 spiro atoms. The van der Waals surface area contributed by atoms with Gasteiger partial charge in [-0.3, -0.25) is 4.99 Å². The molecule has 2 atom stereocenters. The number of hydrogen-bond donors (Lipinski definition) is 2. The topological polar surface area (TPSA) is 61.8 Å². The molecule has 2 aliphatic heterocycles. The summed E-state index contributed by atoms with van der Waals surface area (Å²) in [5.41, 5.74) is 1.39. The Bertz CT molecular complexity index is 655. The van der Waals surface area contributed by atoms with E-state index in [9.17, 15) is 0 Å². The van der Waals surface area contributed by atoms with Crippen molar-refractivity contribution < 1.29 is 4.74 Å². The van der Waals surface area contributed by atoms with Gasteiger partial charge in [0.25, 0.3) is 0 Å². The molecule has 1 aromatic heterocycles. The van der Waals surface area contributed by atoms with E-state index in [0.717, 1.165) is 51.0 Å². The van der Waals surface area contributed by atoms with Gasteiger partial charge in [-0.15, -0.1) is 24.0 Å². The second-order valence-corrected chi connectivity index (χ2v) is 9.08. The number of halogens is 1. The minimum absolute atomic E-state index is 0. The SMILES string of the molecule is CN=C(NCc1ccnc(N2CCCC2)c1)NCC1CCCOC1C(C)(C)C.I. The lowest BCUT2D eigenvalue weighted by Gasteiger charge is -2.40. The third kappa shape index (κ3) is 6.98. The first kappa shape index (κ1) is 24.2. The van der Waals surface area contributed by atoms with E-state index in [-0.39, 0.29) is 35.5 Å². The Morgan fingerprint density at radius 1 is 1.24 bits per heavy atom. The average Bonchev–Trinajstić information content (AvgIpc) is 3.23. The molecule has 0 amide bonds. The van der Waals surface area contributed by atoms with Gasteiger partial charge in [0.1, 0.15) is 5.82 Å². The second kappa shape index (κ2) is 11.3. The zero-order valence-corrected chi connectivity index (χ0v) is 20.7. The van der Waals surface area contributed by atoms with Gasteiger partial charge in [-0.2, -0.15) is 0 Å². The summed E-state index contributed by atoms with van der Waals surface area (Å²) in [6, 6.07) is 4.26. The van der Waals surface area contributed by atoms with E-state index in [1.54, 1.807) is 0 Å². The number of nitrogens with zero attached hydrogens (tertiary/aromatic N) is 3. The molecule has 2 N–H and O–H groups in total. The molecule has 1 aromatic rings. The van der Waals surface area contributed by atoms with E-state index in [2.05, 4.69) is 58.4 Å². The van der Waals surface area contributed by atoms with E-state index in [1.807, 2.05) is 13.2 Å². The Morgan fingerprint density at radius 3 is 2.69 bits per heavy atom. The van der Waals surface area contributed by atoms with Crippen LogP contribution < -0.4 is 15.5 Å². The van der Waals surface area contributed by atoms with E-state index in [1.165, 1.54) is 24.8 Å². The molecule has 2 aliphatic rings. The fourth-order valence-electron chi connectivity index (χ4n) is 4.33. The Hall–Kier alpha value is -1.09. The summed E-state index contributed by atoms with van der Waals surface area (Å²) in [5, 5.41) is 6.96. The first-order valence-electron chi connectivity index (χ1n) is 10.7. The van der Waals surface area contributed by atoms with Gasteiger partial charge >= 0.3 is 0 Å². The largest absolute Gasteiger partial charge is 0.377 e. The molecule has 6 nitrogen and oxygen atoms in total. The van der Waals surface area contributed by atoms with Crippen LogP contribution in [0.5, 0.6) is 0 Å². The molecule has 2 saturated heterocycles. The highest BCUT2D eigenvalue weighted by Gasteiger charge is 2.35. The zero-order valence-electron chi connectivity index (χ0n) is 18.4. The van der Waals surface area contributed by atoms with Crippen molar-refractivity contribution in [2.75, 3.05) is 38.2 Å². The minimum Gasteiger partial charge on any atom is -0.377 e. The van der Waals surface area contributed by atoms with Crippen LogP contribution in [-0.2, 0) is 11.3 Å². The summed E-state index contributed by atoms with van der Waals surface area (Å²) in [6.07, 6.45) is 7.07. The fraction of sp³-hybridized carbons (Fsp3) is 0.727. The molecule has 164 valence electrons. The Labute approximate surface area is 193 Å². The first-order valence-corrected chi connectivity index (χ1v) is 10.7. The van der Waals surface area contributed by atoms with Crippen LogP contribution in [0.25, 0.3) is 0 Å². The fourth-order valence-corrected chi connectivity index (χ4v) is 4.33. The average molecular weight is 515 g/mol. The molecule has 0 radical (unpaired) electrons. The number of aromatic nitrogens is 1. The van der Waals surface area contributed by atoms with Crippen molar-refractivity contribution in [3.8, 4) is 0 Å². The van der Waals surface area contributed by atoms with Crippen molar-refractivity contribution in [2.45, 2.75) is 59.1 Å². The highest BCUT2D eigenvalue weighted by molar-refractivity contribution is 14.0. The van der Waals surface area contributed by atoms with Crippen LogP contribution in [0.15, 0.2) is 23.3 Å². The van der Waals surface area contributed by atoms with Gasteiger partial charge in [0, 0.05) is 51.9 Å². The van der Waals surface area contributed by atoms with Crippen LogP contribution >= 0.6 is 24.0 Å². The number of hydrogen-bond acceptors (Lipinski definition) is 4. The van der Waals surface area contributed by atoms with Crippen molar-refractivity contribution in [2.24, 2.45) is 16.3 Å². The molecule has 29 heavy (non-hydrogen) atoms. The predicted octanol–water partition coefficient (Wildman–Crippen LogP) is 3.81. The minimum atomic E-state index is 0. The Balaban J connectivity index is 0.00000300. The monoisotopic (exact) mass is 515 g/mol. The van der Waals surface area contributed by atoms with Crippen LogP contribution in [0.2, 0.25) is 0 Å². The molecule has 0 bridgehead atoms. The van der Waals surface area contributed by atoms with Crippen LogP contribution in [0, 0.1) is 11.3 Å². The van der Waals surface area contributed by atoms with Crippen LogP contribution in [0.1, 0.15) is 52.0 Å². The van der Waals surface area contributed by atoms with E-state index < -0.39 is 0 Å². The van der Waals surface area contributed by atoms with Gasteiger partial charge in [0.15, 0.2) is 5.96 Å². The van der Waals surface area contributed by atoms with Crippen LogP contribution in [0.3, 0.4) is 0 Å². The number of anilines is 1. The van der Waals surface area contributed by atoms with Crippen molar-refractivity contribution in [1.29, 1.82) is 0 Å². The molecule has 3 heterocycles. The summed E-state index contributed by atoms with van der Waals surface area (Å²) in [7, 11) is 1.83. The smallest absolute Gasteiger partial charge is 0.191 e. The maximum Gasteiger partial charge on any atom is 0.191 e. The molecule has 2 fully saturated rings. The van der Waals surface area contributed by atoms with Crippen molar-refractivity contribution in [3.05, 3.63) is 23.9 Å². The number of guanidine groups is 1. The number of ether oxygens (including phenoxy) is 1. The standard InChI is InChI=1S/C22H37N5O.HI/c1-22(2,3)20-18(8-7-13-28-20)16-26-21(23-4)25-15-17-9-10-24-19(14-17)27-11-5-6-12-27;/h9-10,14,18,20H,5-8,11-13,15-16H2,1-4H3,(H2,23,25,26);1H. The normalized spacial score (nSPS) is 22.9. The van der Waals surface area contributed by atoms with Gasteiger partial charge < -0.3 is 20.3 Å². The molecule has 3 rings (SSSR count). The lowest BCUT2D eigenvalue weighted by Crippen LogP contribution is -2.47. The molecular weight excluding hydrogens is 477 g/mol. The maximum absolute atomic E-state index is 6.10.